The third-order valence-electron chi connectivity index (χ3n) is 3.24. The van der Waals surface area contributed by atoms with Gasteiger partial charge in [0.25, 0.3) is 0 Å². The van der Waals surface area contributed by atoms with Crippen LogP contribution in [0, 0.1) is 6.92 Å². The van der Waals surface area contributed by atoms with Crippen LogP contribution in [0.5, 0.6) is 0 Å². The Morgan fingerprint density at radius 3 is 2.75 bits per heavy atom. The average molecular weight is 216 g/mol. The van der Waals surface area contributed by atoms with Crippen LogP contribution >= 0.6 is 0 Å². The van der Waals surface area contributed by atoms with E-state index < -0.39 is 0 Å². The molecule has 0 atom stereocenters. The Balaban J connectivity index is 2.29. The van der Waals surface area contributed by atoms with Gasteiger partial charge in [-0.2, -0.15) is 0 Å². The third-order valence-corrected chi connectivity index (χ3v) is 3.24. The van der Waals surface area contributed by atoms with E-state index in [0.29, 0.717) is 6.54 Å². The number of nitrogens with two attached hydrogens (primary N) is 1. The zero-order valence-corrected chi connectivity index (χ0v) is 10.2. The Hall–Kier alpha value is -1.28. The SMILES string of the molecule is CC1=CCN(c2cc(C)ccc2CN)CC1. The van der Waals surface area contributed by atoms with Crippen LogP contribution in [0.15, 0.2) is 29.8 Å². The second-order valence-corrected chi connectivity index (χ2v) is 4.58. The predicted octanol–water partition coefficient (Wildman–Crippen LogP) is 2.61. The van der Waals surface area contributed by atoms with E-state index in [0.717, 1.165) is 19.5 Å². The largest absolute Gasteiger partial charge is 0.367 e. The summed E-state index contributed by atoms with van der Waals surface area (Å²) in [6, 6.07) is 6.53. The number of hydrogen-bond donors (Lipinski definition) is 1. The highest BCUT2D eigenvalue weighted by Gasteiger charge is 2.13. The standard InChI is InChI=1S/C14H20N2/c1-11-5-7-16(8-6-11)14-9-12(2)3-4-13(14)10-15/h3-5,9H,6-8,10,15H2,1-2H3. The summed E-state index contributed by atoms with van der Waals surface area (Å²) in [6.07, 6.45) is 3.48. The Morgan fingerprint density at radius 2 is 2.12 bits per heavy atom. The maximum atomic E-state index is 5.79. The van der Waals surface area contributed by atoms with Gasteiger partial charge in [-0.1, -0.05) is 23.8 Å². The Kier molecular flexibility index (Phi) is 3.30. The molecule has 0 saturated heterocycles. The van der Waals surface area contributed by atoms with Crippen molar-refractivity contribution in [2.45, 2.75) is 26.8 Å². The second kappa shape index (κ2) is 4.71. The molecule has 0 bridgehead atoms. The topological polar surface area (TPSA) is 29.3 Å². The van der Waals surface area contributed by atoms with Crippen molar-refractivity contribution in [3.05, 3.63) is 41.0 Å². The maximum Gasteiger partial charge on any atom is 0.0417 e. The van der Waals surface area contributed by atoms with Crippen molar-refractivity contribution >= 4 is 5.69 Å². The summed E-state index contributed by atoms with van der Waals surface area (Å²) >= 11 is 0. The summed E-state index contributed by atoms with van der Waals surface area (Å²) in [7, 11) is 0. The van der Waals surface area contributed by atoms with Crippen molar-refractivity contribution in [2.75, 3.05) is 18.0 Å². The summed E-state index contributed by atoms with van der Waals surface area (Å²) in [4.78, 5) is 2.42. The normalized spacial score (nSPS) is 16.2. The maximum absolute atomic E-state index is 5.79. The molecule has 0 fully saturated rings. The minimum Gasteiger partial charge on any atom is -0.367 e. The number of anilines is 1. The first kappa shape index (κ1) is 11.2. The monoisotopic (exact) mass is 216 g/mol. The molecule has 0 unspecified atom stereocenters. The van der Waals surface area contributed by atoms with Crippen LogP contribution in [-0.4, -0.2) is 13.1 Å². The number of aryl methyl sites for hydroxylation is 1. The van der Waals surface area contributed by atoms with E-state index in [1.165, 1.54) is 22.4 Å². The quantitative estimate of drug-likeness (QED) is 0.770. The van der Waals surface area contributed by atoms with Gasteiger partial charge in [0.15, 0.2) is 0 Å². The summed E-state index contributed by atoms with van der Waals surface area (Å²) in [5, 5.41) is 0. The van der Waals surface area contributed by atoms with Gasteiger partial charge in [0.2, 0.25) is 0 Å². The van der Waals surface area contributed by atoms with Crippen molar-refractivity contribution in [3.63, 3.8) is 0 Å². The van der Waals surface area contributed by atoms with Crippen molar-refractivity contribution < 1.29 is 0 Å². The van der Waals surface area contributed by atoms with Crippen LogP contribution in [-0.2, 0) is 6.54 Å². The van der Waals surface area contributed by atoms with Gasteiger partial charge in [-0.3, -0.25) is 0 Å². The fraction of sp³-hybridized carbons (Fsp3) is 0.429. The molecule has 1 aliphatic heterocycles. The fourth-order valence-electron chi connectivity index (χ4n) is 2.13. The fourth-order valence-corrected chi connectivity index (χ4v) is 2.13. The molecule has 0 amide bonds. The molecule has 1 aromatic rings. The molecular formula is C14H20N2. The molecule has 0 aliphatic carbocycles. The molecule has 0 aromatic heterocycles. The number of benzene rings is 1. The summed E-state index contributed by atoms with van der Waals surface area (Å²) < 4.78 is 0. The summed E-state index contributed by atoms with van der Waals surface area (Å²) in [6.45, 7) is 7.09. The van der Waals surface area contributed by atoms with Crippen LogP contribution in [0.1, 0.15) is 24.5 Å². The number of rotatable bonds is 2. The lowest BCUT2D eigenvalue weighted by atomic mass is 10.1. The van der Waals surface area contributed by atoms with Crippen molar-refractivity contribution in [1.29, 1.82) is 0 Å². The van der Waals surface area contributed by atoms with E-state index in [1.807, 2.05) is 0 Å². The predicted molar refractivity (Wildman–Crippen MR) is 69.7 cm³/mol. The van der Waals surface area contributed by atoms with Crippen LogP contribution < -0.4 is 10.6 Å². The smallest absolute Gasteiger partial charge is 0.0417 e. The van der Waals surface area contributed by atoms with Crippen LogP contribution in [0.2, 0.25) is 0 Å². The molecule has 2 heteroatoms. The molecule has 0 saturated carbocycles. The van der Waals surface area contributed by atoms with Gasteiger partial charge in [-0.05, 0) is 37.5 Å². The van der Waals surface area contributed by atoms with Gasteiger partial charge < -0.3 is 10.6 Å². The molecule has 86 valence electrons. The second-order valence-electron chi connectivity index (χ2n) is 4.58. The highest BCUT2D eigenvalue weighted by molar-refractivity contribution is 5.56. The third kappa shape index (κ3) is 2.27. The molecule has 1 aromatic carbocycles. The van der Waals surface area contributed by atoms with Gasteiger partial charge in [0.1, 0.15) is 0 Å². The highest BCUT2D eigenvalue weighted by atomic mass is 15.1. The molecule has 0 spiro atoms. The minimum atomic E-state index is 0.620. The Bertz CT molecular complexity index is 407. The van der Waals surface area contributed by atoms with Gasteiger partial charge in [-0.25, -0.2) is 0 Å². The van der Waals surface area contributed by atoms with E-state index in [9.17, 15) is 0 Å². The molecule has 2 N–H and O–H groups in total. The minimum absolute atomic E-state index is 0.620. The molecule has 2 rings (SSSR count). The van der Waals surface area contributed by atoms with E-state index in [1.54, 1.807) is 0 Å². The van der Waals surface area contributed by atoms with E-state index in [-0.39, 0.29) is 0 Å². The summed E-state index contributed by atoms with van der Waals surface area (Å²) in [5.74, 6) is 0. The van der Waals surface area contributed by atoms with Crippen molar-refractivity contribution in [2.24, 2.45) is 5.73 Å². The molecular weight excluding hydrogens is 196 g/mol. The van der Waals surface area contributed by atoms with Crippen LogP contribution in [0.25, 0.3) is 0 Å². The zero-order valence-electron chi connectivity index (χ0n) is 10.2. The van der Waals surface area contributed by atoms with Crippen molar-refractivity contribution in [3.8, 4) is 0 Å². The van der Waals surface area contributed by atoms with Gasteiger partial charge in [0.05, 0.1) is 0 Å². The van der Waals surface area contributed by atoms with Crippen LogP contribution in [0.4, 0.5) is 5.69 Å². The molecule has 1 aliphatic rings. The molecule has 2 nitrogen and oxygen atoms in total. The molecule has 0 radical (unpaired) electrons. The number of nitrogens with zero attached hydrogens (tertiary/aromatic N) is 1. The molecule has 16 heavy (non-hydrogen) atoms. The highest BCUT2D eigenvalue weighted by Crippen LogP contribution is 2.24. The first-order valence-corrected chi connectivity index (χ1v) is 5.91. The Labute approximate surface area is 97.8 Å². The van der Waals surface area contributed by atoms with Crippen LogP contribution in [0.3, 0.4) is 0 Å². The van der Waals surface area contributed by atoms with Gasteiger partial charge >= 0.3 is 0 Å². The van der Waals surface area contributed by atoms with Gasteiger partial charge in [-0.15, -0.1) is 0 Å². The van der Waals surface area contributed by atoms with Crippen molar-refractivity contribution in [1.82, 2.24) is 0 Å². The first-order chi connectivity index (χ1) is 7.70. The summed E-state index contributed by atoms with van der Waals surface area (Å²) in [5.41, 5.74) is 11.2. The van der Waals surface area contributed by atoms with E-state index >= 15 is 0 Å². The molecule has 1 heterocycles. The van der Waals surface area contributed by atoms with E-state index in [2.05, 4.69) is 43.0 Å². The first-order valence-electron chi connectivity index (χ1n) is 5.91. The van der Waals surface area contributed by atoms with Gasteiger partial charge in [0, 0.05) is 25.3 Å². The average Bonchev–Trinajstić information content (AvgIpc) is 2.30. The lowest BCUT2D eigenvalue weighted by Crippen LogP contribution is -2.29. The zero-order chi connectivity index (χ0) is 11.5. The lowest BCUT2D eigenvalue weighted by Gasteiger charge is -2.29. The number of hydrogen-bond acceptors (Lipinski definition) is 2. The lowest BCUT2D eigenvalue weighted by molar-refractivity contribution is 0.781. The Morgan fingerprint density at radius 1 is 1.31 bits per heavy atom. The van der Waals surface area contributed by atoms with E-state index in [4.69, 9.17) is 5.73 Å².